The normalized spacial score (nSPS) is 12.3. The van der Waals surface area contributed by atoms with Gasteiger partial charge in [-0.3, -0.25) is 14.4 Å². The fourth-order valence-corrected chi connectivity index (χ4v) is 9.20. The first-order chi connectivity index (χ1) is 35.0. The highest BCUT2D eigenvalue weighted by Gasteiger charge is 2.19. The molecule has 0 amide bonds. The van der Waals surface area contributed by atoms with E-state index in [9.17, 15) is 14.4 Å². The molecule has 0 aromatic rings. The van der Waals surface area contributed by atoms with Gasteiger partial charge in [0.15, 0.2) is 6.10 Å². The van der Waals surface area contributed by atoms with Crippen molar-refractivity contribution in [1.29, 1.82) is 0 Å². The molecule has 0 bridgehead atoms. The number of carbonyl (C=O) groups is 3. The van der Waals surface area contributed by atoms with Crippen LogP contribution >= 0.6 is 0 Å². The molecule has 1 atom stereocenters. The van der Waals surface area contributed by atoms with Gasteiger partial charge in [0.1, 0.15) is 13.2 Å². The van der Waals surface area contributed by atoms with Crippen LogP contribution in [0.25, 0.3) is 0 Å². The van der Waals surface area contributed by atoms with Gasteiger partial charge in [-0.15, -0.1) is 0 Å². The fourth-order valence-electron chi connectivity index (χ4n) is 9.20. The van der Waals surface area contributed by atoms with Crippen molar-refractivity contribution in [1.82, 2.24) is 0 Å². The first-order valence-electron chi connectivity index (χ1n) is 31.1. The molecular weight excluding hydrogens is 877 g/mol. The molecule has 71 heavy (non-hydrogen) atoms. The Kier molecular flexibility index (Phi) is 57.7. The Hall–Kier alpha value is -2.63. The average molecular weight is 996 g/mol. The predicted molar refractivity (Wildman–Crippen MR) is 307 cm³/mol. The van der Waals surface area contributed by atoms with Crippen LogP contribution < -0.4 is 0 Å². The molecule has 0 aromatic carbocycles. The molecule has 0 rings (SSSR count). The van der Waals surface area contributed by atoms with Crippen LogP contribution in [-0.4, -0.2) is 37.2 Å². The van der Waals surface area contributed by atoms with E-state index in [1.165, 1.54) is 205 Å². The molecule has 0 saturated carbocycles. The van der Waals surface area contributed by atoms with Gasteiger partial charge in [0.2, 0.25) is 0 Å². The van der Waals surface area contributed by atoms with E-state index in [2.05, 4.69) is 69.4 Å². The number of hydrogen-bond donors (Lipinski definition) is 0. The Bertz CT molecular complexity index is 1230. The summed E-state index contributed by atoms with van der Waals surface area (Å²) >= 11 is 0. The van der Waals surface area contributed by atoms with Crippen molar-refractivity contribution >= 4 is 17.9 Å². The molecule has 0 radical (unpaired) electrons. The molecule has 0 aromatic heterocycles. The lowest BCUT2D eigenvalue weighted by molar-refractivity contribution is -0.167. The van der Waals surface area contributed by atoms with E-state index in [1.54, 1.807) is 0 Å². The van der Waals surface area contributed by atoms with E-state index in [1.807, 2.05) is 0 Å². The third kappa shape index (κ3) is 58.1. The minimum atomic E-state index is -0.792. The minimum absolute atomic E-state index is 0.0851. The van der Waals surface area contributed by atoms with Gasteiger partial charge in [-0.05, 0) is 57.8 Å². The smallest absolute Gasteiger partial charge is 0.306 e. The predicted octanol–water partition coefficient (Wildman–Crippen LogP) is 21.0. The maximum atomic E-state index is 12.9. The Labute approximate surface area is 441 Å². The number of hydrogen-bond acceptors (Lipinski definition) is 6. The molecule has 0 aliphatic heterocycles. The van der Waals surface area contributed by atoms with Crippen LogP contribution in [0, 0.1) is 0 Å². The number of ether oxygens (including phenoxy) is 3. The number of carbonyl (C=O) groups excluding carboxylic acids is 3. The van der Waals surface area contributed by atoms with Crippen molar-refractivity contribution < 1.29 is 28.6 Å². The van der Waals surface area contributed by atoms with E-state index in [4.69, 9.17) is 14.2 Å². The third-order valence-electron chi connectivity index (χ3n) is 13.8. The van der Waals surface area contributed by atoms with Crippen LogP contribution in [0.4, 0.5) is 0 Å². The van der Waals surface area contributed by atoms with Gasteiger partial charge < -0.3 is 14.2 Å². The molecule has 0 heterocycles. The summed E-state index contributed by atoms with van der Waals surface area (Å²) in [6, 6.07) is 0. The zero-order valence-corrected chi connectivity index (χ0v) is 47.5. The summed E-state index contributed by atoms with van der Waals surface area (Å²) in [5.74, 6) is -0.905. The molecule has 1 unspecified atom stereocenters. The standard InChI is InChI=1S/C65H118O6/c1-4-7-10-13-16-19-22-25-28-30-31-32-33-35-38-40-43-46-49-52-55-58-64(67)70-61-62(71-65(68)59-56-53-50-47-44-41-36-27-24-21-18-15-12-9-6-3)60-69-63(66)57-54-51-48-45-42-39-37-34-29-26-23-20-17-14-11-8-5-2/h9,12,18,21,27,36,44,47,62H,4-8,10-11,13-17,19-20,22-26,28-35,37-43,45-46,48-61H2,1-3H3/b12-9-,21-18-,36-27-,47-44-. The number of rotatable bonds is 57. The second-order valence-electron chi connectivity index (χ2n) is 21.0. The van der Waals surface area contributed by atoms with Crippen LogP contribution in [0.15, 0.2) is 48.6 Å². The lowest BCUT2D eigenvalue weighted by atomic mass is 10.0. The average Bonchev–Trinajstić information content (AvgIpc) is 3.37. The highest BCUT2D eigenvalue weighted by molar-refractivity contribution is 5.71. The number of allylic oxidation sites excluding steroid dienone is 8. The van der Waals surface area contributed by atoms with E-state index < -0.39 is 6.10 Å². The molecule has 0 fully saturated rings. The SMILES string of the molecule is CC/C=C\C/C=C\C/C=C\C/C=C\CCCCC(=O)OC(COC(=O)CCCCCCCCCCCCCCCCCCC)COC(=O)CCCCCCCCCCCCCCCCCCCCCCC. The molecule has 0 spiro atoms. The summed E-state index contributed by atoms with van der Waals surface area (Å²) < 4.78 is 16.9. The third-order valence-corrected chi connectivity index (χ3v) is 13.8. The Morgan fingerprint density at radius 1 is 0.296 bits per heavy atom. The Morgan fingerprint density at radius 3 is 0.859 bits per heavy atom. The maximum absolute atomic E-state index is 12.9. The first kappa shape index (κ1) is 68.4. The molecule has 6 heteroatoms. The van der Waals surface area contributed by atoms with Crippen molar-refractivity contribution in [2.75, 3.05) is 13.2 Å². The molecule has 0 N–H and O–H groups in total. The number of esters is 3. The Morgan fingerprint density at radius 2 is 0.549 bits per heavy atom. The van der Waals surface area contributed by atoms with Crippen molar-refractivity contribution in [2.45, 2.75) is 335 Å². The van der Waals surface area contributed by atoms with Crippen molar-refractivity contribution in [3.63, 3.8) is 0 Å². The highest BCUT2D eigenvalue weighted by atomic mass is 16.6. The summed E-state index contributed by atoms with van der Waals surface area (Å²) in [6.45, 7) is 6.55. The van der Waals surface area contributed by atoms with Crippen LogP contribution in [-0.2, 0) is 28.6 Å². The molecular formula is C65H118O6. The lowest BCUT2D eigenvalue weighted by Crippen LogP contribution is -2.30. The van der Waals surface area contributed by atoms with Crippen molar-refractivity contribution in [2.24, 2.45) is 0 Å². The number of unbranched alkanes of at least 4 members (excludes halogenated alkanes) is 38. The van der Waals surface area contributed by atoms with E-state index in [0.717, 1.165) is 77.0 Å². The first-order valence-corrected chi connectivity index (χ1v) is 31.1. The Balaban J connectivity index is 4.33. The summed E-state index contributed by atoms with van der Waals surface area (Å²) in [7, 11) is 0. The summed E-state index contributed by atoms with van der Waals surface area (Å²) in [5, 5.41) is 0. The molecule has 0 saturated heterocycles. The quantitative estimate of drug-likeness (QED) is 0.0261. The van der Waals surface area contributed by atoms with Gasteiger partial charge >= 0.3 is 17.9 Å². The monoisotopic (exact) mass is 995 g/mol. The largest absolute Gasteiger partial charge is 0.462 e. The second-order valence-corrected chi connectivity index (χ2v) is 21.0. The molecule has 6 nitrogen and oxygen atoms in total. The summed E-state index contributed by atoms with van der Waals surface area (Å²) in [4.78, 5) is 38.2. The van der Waals surface area contributed by atoms with Gasteiger partial charge in [-0.2, -0.15) is 0 Å². The van der Waals surface area contributed by atoms with Gasteiger partial charge in [-0.25, -0.2) is 0 Å². The summed E-state index contributed by atoms with van der Waals surface area (Å²) in [5.41, 5.74) is 0. The van der Waals surface area contributed by atoms with Crippen LogP contribution in [0.3, 0.4) is 0 Å². The van der Waals surface area contributed by atoms with Gasteiger partial charge in [0.05, 0.1) is 0 Å². The van der Waals surface area contributed by atoms with Gasteiger partial charge in [0, 0.05) is 19.3 Å². The molecule has 0 aliphatic carbocycles. The lowest BCUT2D eigenvalue weighted by Gasteiger charge is -2.18. The van der Waals surface area contributed by atoms with Crippen LogP contribution in [0.2, 0.25) is 0 Å². The zero-order valence-electron chi connectivity index (χ0n) is 47.5. The van der Waals surface area contributed by atoms with Crippen LogP contribution in [0.5, 0.6) is 0 Å². The topological polar surface area (TPSA) is 78.9 Å². The molecule has 414 valence electrons. The molecule has 0 aliphatic rings. The highest BCUT2D eigenvalue weighted by Crippen LogP contribution is 2.18. The van der Waals surface area contributed by atoms with E-state index >= 15 is 0 Å². The van der Waals surface area contributed by atoms with Gasteiger partial charge in [-0.1, -0.05) is 301 Å². The van der Waals surface area contributed by atoms with Crippen molar-refractivity contribution in [3.8, 4) is 0 Å². The van der Waals surface area contributed by atoms with Crippen molar-refractivity contribution in [3.05, 3.63) is 48.6 Å². The van der Waals surface area contributed by atoms with Gasteiger partial charge in [0.25, 0.3) is 0 Å². The fraction of sp³-hybridized carbons (Fsp3) is 0.831. The maximum Gasteiger partial charge on any atom is 0.306 e. The van der Waals surface area contributed by atoms with Crippen LogP contribution in [0.1, 0.15) is 329 Å². The van der Waals surface area contributed by atoms with E-state index in [0.29, 0.717) is 19.3 Å². The second kappa shape index (κ2) is 59.9. The zero-order chi connectivity index (χ0) is 51.4. The van der Waals surface area contributed by atoms with E-state index in [-0.39, 0.29) is 37.5 Å². The summed E-state index contributed by atoms with van der Waals surface area (Å²) in [6.07, 6.45) is 74.1. The minimum Gasteiger partial charge on any atom is -0.462 e.